The standard InChI is InChI=1S/C13H11ClO2S/c14-12-4-1-5-13(11(12)9-15)16-7-6-10-3-2-8-17-10/h1-5,8-9H,6-7H2. The second kappa shape index (κ2) is 5.84. The SMILES string of the molecule is O=Cc1c(Cl)cccc1OCCc1cccs1. The molecule has 0 unspecified atom stereocenters. The average molecular weight is 267 g/mol. The van der Waals surface area contributed by atoms with Gasteiger partial charge in [0.05, 0.1) is 17.2 Å². The molecule has 0 aliphatic heterocycles. The van der Waals surface area contributed by atoms with Crippen LogP contribution in [0.25, 0.3) is 0 Å². The van der Waals surface area contributed by atoms with E-state index in [4.69, 9.17) is 16.3 Å². The minimum Gasteiger partial charge on any atom is -0.492 e. The van der Waals surface area contributed by atoms with Gasteiger partial charge in [-0.2, -0.15) is 0 Å². The van der Waals surface area contributed by atoms with Crippen LogP contribution in [0.2, 0.25) is 5.02 Å². The third-order valence-electron chi connectivity index (χ3n) is 2.32. The number of carbonyl (C=O) groups excluding carboxylic acids is 1. The lowest BCUT2D eigenvalue weighted by Gasteiger charge is -2.08. The predicted molar refractivity (Wildman–Crippen MR) is 70.4 cm³/mol. The Morgan fingerprint density at radius 1 is 1.29 bits per heavy atom. The summed E-state index contributed by atoms with van der Waals surface area (Å²) in [4.78, 5) is 12.1. The van der Waals surface area contributed by atoms with Crippen LogP contribution in [-0.4, -0.2) is 12.9 Å². The molecule has 88 valence electrons. The number of benzene rings is 1. The normalized spacial score (nSPS) is 10.2. The molecule has 0 saturated carbocycles. The lowest BCUT2D eigenvalue weighted by Crippen LogP contribution is -2.02. The van der Waals surface area contributed by atoms with E-state index in [1.54, 1.807) is 29.5 Å². The van der Waals surface area contributed by atoms with Crippen LogP contribution in [0.4, 0.5) is 0 Å². The Morgan fingerprint density at radius 3 is 2.88 bits per heavy atom. The fourth-order valence-corrected chi connectivity index (χ4v) is 2.37. The summed E-state index contributed by atoms with van der Waals surface area (Å²) in [6, 6.07) is 9.28. The number of aldehydes is 1. The van der Waals surface area contributed by atoms with Gasteiger partial charge in [-0.15, -0.1) is 11.3 Å². The van der Waals surface area contributed by atoms with Gasteiger partial charge in [0.25, 0.3) is 0 Å². The Balaban J connectivity index is 1.99. The molecule has 2 nitrogen and oxygen atoms in total. The van der Waals surface area contributed by atoms with Gasteiger partial charge in [0.2, 0.25) is 0 Å². The van der Waals surface area contributed by atoms with Gasteiger partial charge in [0.1, 0.15) is 5.75 Å². The van der Waals surface area contributed by atoms with E-state index >= 15 is 0 Å². The van der Waals surface area contributed by atoms with Crippen molar-refractivity contribution in [3.8, 4) is 5.75 Å². The summed E-state index contributed by atoms with van der Waals surface area (Å²) >= 11 is 7.59. The number of halogens is 1. The molecular formula is C13H11ClO2S. The summed E-state index contributed by atoms with van der Waals surface area (Å²) in [7, 11) is 0. The van der Waals surface area contributed by atoms with Crippen LogP contribution in [0.15, 0.2) is 35.7 Å². The maximum Gasteiger partial charge on any atom is 0.155 e. The largest absolute Gasteiger partial charge is 0.492 e. The maximum atomic E-state index is 10.9. The van der Waals surface area contributed by atoms with Gasteiger partial charge >= 0.3 is 0 Å². The van der Waals surface area contributed by atoms with Crippen LogP contribution in [0, 0.1) is 0 Å². The summed E-state index contributed by atoms with van der Waals surface area (Å²) in [6.07, 6.45) is 1.56. The highest BCUT2D eigenvalue weighted by Crippen LogP contribution is 2.24. The molecule has 0 aliphatic carbocycles. The molecule has 0 spiro atoms. The molecule has 0 radical (unpaired) electrons. The van der Waals surface area contributed by atoms with Gasteiger partial charge in [0, 0.05) is 11.3 Å². The monoisotopic (exact) mass is 266 g/mol. The van der Waals surface area contributed by atoms with Crippen LogP contribution in [0.1, 0.15) is 15.2 Å². The third-order valence-corrected chi connectivity index (χ3v) is 3.58. The molecule has 0 saturated heterocycles. The molecule has 1 aromatic heterocycles. The lowest BCUT2D eigenvalue weighted by atomic mass is 10.2. The summed E-state index contributed by atoms with van der Waals surface area (Å²) in [6.45, 7) is 0.543. The van der Waals surface area contributed by atoms with Crippen molar-refractivity contribution in [3.05, 3.63) is 51.2 Å². The molecule has 0 fully saturated rings. The zero-order valence-electron chi connectivity index (χ0n) is 9.06. The number of ether oxygens (including phenoxy) is 1. The molecule has 0 bridgehead atoms. The van der Waals surface area contributed by atoms with Crippen molar-refractivity contribution in [1.29, 1.82) is 0 Å². The molecular weight excluding hydrogens is 256 g/mol. The van der Waals surface area contributed by atoms with Crippen LogP contribution in [0.5, 0.6) is 5.75 Å². The summed E-state index contributed by atoms with van der Waals surface area (Å²) in [5.74, 6) is 0.545. The van der Waals surface area contributed by atoms with Crippen molar-refractivity contribution in [2.45, 2.75) is 6.42 Å². The number of thiophene rings is 1. The van der Waals surface area contributed by atoms with E-state index in [-0.39, 0.29) is 0 Å². The second-order valence-electron chi connectivity index (χ2n) is 3.45. The maximum absolute atomic E-state index is 10.9. The molecule has 2 rings (SSSR count). The van der Waals surface area contributed by atoms with Crippen molar-refractivity contribution in [2.24, 2.45) is 0 Å². The average Bonchev–Trinajstić information content (AvgIpc) is 2.82. The van der Waals surface area contributed by atoms with Crippen molar-refractivity contribution >= 4 is 29.2 Å². The summed E-state index contributed by atoms with van der Waals surface area (Å²) in [5, 5.41) is 2.46. The molecule has 0 amide bonds. The van der Waals surface area contributed by atoms with Crippen molar-refractivity contribution in [1.82, 2.24) is 0 Å². The molecule has 17 heavy (non-hydrogen) atoms. The number of hydrogen-bond acceptors (Lipinski definition) is 3. The first-order chi connectivity index (χ1) is 8.31. The van der Waals surface area contributed by atoms with Crippen LogP contribution < -0.4 is 4.74 Å². The Kier molecular flexibility index (Phi) is 4.18. The first-order valence-corrected chi connectivity index (χ1v) is 6.46. The molecule has 0 aliphatic rings. The smallest absolute Gasteiger partial charge is 0.155 e. The van der Waals surface area contributed by atoms with E-state index in [0.29, 0.717) is 22.9 Å². The number of carbonyl (C=O) groups is 1. The van der Waals surface area contributed by atoms with E-state index in [1.165, 1.54) is 4.88 Å². The molecule has 2 aromatic rings. The minimum atomic E-state index is 0.417. The highest BCUT2D eigenvalue weighted by molar-refractivity contribution is 7.09. The molecule has 0 atom stereocenters. The Hall–Kier alpha value is -1.32. The predicted octanol–water partition coefficient (Wildman–Crippen LogP) is 3.84. The summed E-state index contributed by atoms with van der Waals surface area (Å²) < 4.78 is 5.57. The quantitative estimate of drug-likeness (QED) is 0.769. The van der Waals surface area contributed by atoms with Crippen LogP contribution in [0.3, 0.4) is 0 Å². The zero-order valence-corrected chi connectivity index (χ0v) is 10.6. The van der Waals surface area contributed by atoms with E-state index in [0.717, 1.165) is 12.7 Å². The lowest BCUT2D eigenvalue weighted by molar-refractivity contribution is 0.112. The van der Waals surface area contributed by atoms with Crippen LogP contribution >= 0.6 is 22.9 Å². The Labute approximate surface area is 109 Å². The zero-order chi connectivity index (χ0) is 12.1. The number of hydrogen-bond donors (Lipinski definition) is 0. The molecule has 1 aromatic carbocycles. The highest BCUT2D eigenvalue weighted by atomic mass is 35.5. The fourth-order valence-electron chi connectivity index (χ4n) is 1.47. The van der Waals surface area contributed by atoms with Gasteiger partial charge in [-0.05, 0) is 23.6 Å². The number of rotatable bonds is 5. The van der Waals surface area contributed by atoms with Gasteiger partial charge in [0.15, 0.2) is 6.29 Å². The molecule has 4 heteroatoms. The van der Waals surface area contributed by atoms with E-state index in [9.17, 15) is 4.79 Å². The first-order valence-electron chi connectivity index (χ1n) is 5.20. The van der Waals surface area contributed by atoms with Gasteiger partial charge in [-0.25, -0.2) is 0 Å². The first kappa shape index (κ1) is 12.1. The van der Waals surface area contributed by atoms with Crippen molar-refractivity contribution < 1.29 is 9.53 Å². The topological polar surface area (TPSA) is 26.3 Å². The van der Waals surface area contributed by atoms with Crippen molar-refractivity contribution in [3.63, 3.8) is 0 Å². The molecule has 0 N–H and O–H groups in total. The van der Waals surface area contributed by atoms with Gasteiger partial charge in [-0.3, -0.25) is 4.79 Å². The van der Waals surface area contributed by atoms with Gasteiger partial charge < -0.3 is 4.74 Å². The van der Waals surface area contributed by atoms with Crippen LogP contribution in [-0.2, 0) is 6.42 Å². The molecule has 1 heterocycles. The minimum absolute atomic E-state index is 0.417. The summed E-state index contributed by atoms with van der Waals surface area (Å²) in [5.41, 5.74) is 0.417. The third kappa shape index (κ3) is 3.08. The van der Waals surface area contributed by atoms with E-state index in [1.807, 2.05) is 11.4 Å². The fraction of sp³-hybridized carbons (Fsp3) is 0.154. The van der Waals surface area contributed by atoms with Gasteiger partial charge in [-0.1, -0.05) is 23.7 Å². The van der Waals surface area contributed by atoms with E-state index < -0.39 is 0 Å². The highest BCUT2D eigenvalue weighted by Gasteiger charge is 2.06. The Bertz CT molecular complexity index is 494. The van der Waals surface area contributed by atoms with E-state index in [2.05, 4.69) is 6.07 Å². The second-order valence-corrected chi connectivity index (χ2v) is 4.89. The van der Waals surface area contributed by atoms with Crippen molar-refractivity contribution in [2.75, 3.05) is 6.61 Å². The Morgan fingerprint density at radius 2 is 2.18 bits per heavy atom.